The quantitative estimate of drug-likeness (QED) is 0.625. The lowest BCUT2D eigenvalue weighted by atomic mass is 10.0. The van der Waals surface area contributed by atoms with Crippen molar-refractivity contribution < 1.29 is 14.5 Å². The zero-order valence-electron chi connectivity index (χ0n) is 14.1. The molecule has 6 heteroatoms. The predicted octanol–water partition coefficient (Wildman–Crippen LogP) is 3.90. The molecular weight excluding hydrogens is 320 g/mol. The van der Waals surface area contributed by atoms with Crippen LogP contribution in [0.2, 0.25) is 0 Å². The second kappa shape index (κ2) is 7.34. The number of nitro groups is 1. The van der Waals surface area contributed by atoms with Gasteiger partial charge in [0.1, 0.15) is 5.75 Å². The number of carbonyl (C=O) groups excluding carboxylic acids is 1. The van der Waals surface area contributed by atoms with Crippen molar-refractivity contribution in [3.8, 4) is 16.9 Å². The number of carbonyl (C=O) groups is 1. The van der Waals surface area contributed by atoms with Gasteiger partial charge in [0.25, 0.3) is 11.6 Å². The molecule has 1 heterocycles. The van der Waals surface area contributed by atoms with Gasteiger partial charge in [-0.05, 0) is 49.1 Å². The highest BCUT2D eigenvalue weighted by Gasteiger charge is 2.23. The molecule has 2 aromatic rings. The van der Waals surface area contributed by atoms with Crippen LogP contribution in [0.4, 0.5) is 5.69 Å². The van der Waals surface area contributed by atoms with Gasteiger partial charge in [0.15, 0.2) is 0 Å². The molecule has 1 saturated heterocycles. The second-order valence-corrected chi connectivity index (χ2v) is 6.07. The van der Waals surface area contributed by atoms with E-state index in [1.807, 2.05) is 0 Å². The predicted molar refractivity (Wildman–Crippen MR) is 94.8 cm³/mol. The van der Waals surface area contributed by atoms with E-state index in [0.717, 1.165) is 19.3 Å². The number of nitro benzene ring substituents is 1. The largest absolute Gasteiger partial charge is 0.497 e. The average Bonchev–Trinajstić information content (AvgIpc) is 2.67. The first-order chi connectivity index (χ1) is 12.1. The summed E-state index contributed by atoms with van der Waals surface area (Å²) in [4.78, 5) is 25.5. The number of benzene rings is 2. The summed E-state index contributed by atoms with van der Waals surface area (Å²) in [5.74, 6) is 0.486. The Morgan fingerprint density at radius 1 is 1.12 bits per heavy atom. The maximum Gasteiger partial charge on any atom is 0.277 e. The van der Waals surface area contributed by atoms with Gasteiger partial charge in [-0.2, -0.15) is 0 Å². The minimum atomic E-state index is -0.443. The van der Waals surface area contributed by atoms with E-state index in [1.165, 1.54) is 6.07 Å². The zero-order valence-corrected chi connectivity index (χ0v) is 14.1. The molecule has 0 N–H and O–H groups in total. The maximum atomic E-state index is 12.6. The van der Waals surface area contributed by atoms with Crippen molar-refractivity contribution in [2.45, 2.75) is 19.3 Å². The Hall–Kier alpha value is -2.89. The number of amides is 1. The van der Waals surface area contributed by atoms with Gasteiger partial charge in [-0.15, -0.1) is 0 Å². The number of methoxy groups -OCH3 is 1. The molecule has 1 amide bonds. The minimum Gasteiger partial charge on any atom is -0.497 e. The van der Waals surface area contributed by atoms with Crippen LogP contribution in [0.1, 0.15) is 29.6 Å². The summed E-state index contributed by atoms with van der Waals surface area (Å²) in [5.41, 5.74) is 1.44. The third-order valence-electron chi connectivity index (χ3n) is 4.47. The Kier molecular flexibility index (Phi) is 4.97. The number of hydrogen-bond donors (Lipinski definition) is 0. The van der Waals surface area contributed by atoms with Crippen LogP contribution < -0.4 is 4.74 Å². The van der Waals surface area contributed by atoms with Crippen molar-refractivity contribution in [3.63, 3.8) is 0 Å². The normalized spacial score (nSPS) is 14.2. The van der Waals surface area contributed by atoms with E-state index in [0.29, 0.717) is 35.5 Å². The number of nitrogens with zero attached hydrogens (tertiary/aromatic N) is 2. The molecule has 1 aliphatic heterocycles. The topological polar surface area (TPSA) is 72.7 Å². The average molecular weight is 340 g/mol. The summed E-state index contributed by atoms with van der Waals surface area (Å²) in [5, 5.41) is 11.6. The number of rotatable bonds is 4. The highest BCUT2D eigenvalue weighted by molar-refractivity contribution is 5.96. The molecule has 0 atom stereocenters. The van der Waals surface area contributed by atoms with Crippen LogP contribution in [0.5, 0.6) is 5.75 Å². The lowest BCUT2D eigenvalue weighted by molar-refractivity contribution is -0.384. The Morgan fingerprint density at radius 2 is 1.88 bits per heavy atom. The fourth-order valence-electron chi connectivity index (χ4n) is 3.13. The van der Waals surface area contributed by atoms with Crippen LogP contribution in [0.3, 0.4) is 0 Å². The molecule has 0 spiro atoms. The van der Waals surface area contributed by atoms with E-state index >= 15 is 0 Å². The molecule has 130 valence electrons. The van der Waals surface area contributed by atoms with Crippen LogP contribution in [0, 0.1) is 10.1 Å². The monoisotopic (exact) mass is 340 g/mol. The number of likely N-dealkylation sites (tertiary alicyclic amines) is 1. The van der Waals surface area contributed by atoms with Crippen molar-refractivity contribution in [2.75, 3.05) is 20.2 Å². The van der Waals surface area contributed by atoms with Crippen molar-refractivity contribution in [3.05, 3.63) is 58.1 Å². The van der Waals surface area contributed by atoms with Crippen LogP contribution in [0.25, 0.3) is 11.1 Å². The summed E-state index contributed by atoms with van der Waals surface area (Å²) >= 11 is 0. The van der Waals surface area contributed by atoms with Crippen molar-refractivity contribution in [1.82, 2.24) is 4.90 Å². The van der Waals surface area contributed by atoms with Crippen LogP contribution in [0.15, 0.2) is 42.5 Å². The van der Waals surface area contributed by atoms with Crippen LogP contribution in [-0.4, -0.2) is 35.9 Å². The van der Waals surface area contributed by atoms with Gasteiger partial charge in [-0.25, -0.2) is 0 Å². The lowest BCUT2D eigenvalue weighted by Crippen LogP contribution is -2.35. The van der Waals surface area contributed by atoms with Gasteiger partial charge in [0, 0.05) is 24.7 Å². The molecule has 0 saturated carbocycles. The summed E-state index contributed by atoms with van der Waals surface area (Å²) in [6.07, 6.45) is 3.09. The Balaban J connectivity index is 1.98. The van der Waals surface area contributed by atoms with Gasteiger partial charge < -0.3 is 9.64 Å². The van der Waals surface area contributed by atoms with E-state index < -0.39 is 4.92 Å². The molecule has 0 bridgehead atoms. The molecular formula is C19H20N2O4. The summed E-state index contributed by atoms with van der Waals surface area (Å²) in [6, 6.07) is 11.8. The first kappa shape index (κ1) is 17.0. The highest BCUT2D eigenvalue weighted by atomic mass is 16.6. The fourth-order valence-corrected chi connectivity index (χ4v) is 3.13. The molecule has 0 aliphatic carbocycles. The van der Waals surface area contributed by atoms with Gasteiger partial charge in [-0.3, -0.25) is 14.9 Å². The summed E-state index contributed by atoms with van der Waals surface area (Å²) in [7, 11) is 1.55. The molecule has 3 rings (SSSR count). The fraction of sp³-hybridized carbons (Fsp3) is 0.316. The third-order valence-corrected chi connectivity index (χ3v) is 4.47. The van der Waals surface area contributed by atoms with Gasteiger partial charge >= 0.3 is 0 Å². The number of hydrogen-bond acceptors (Lipinski definition) is 4. The Morgan fingerprint density at radius 3 is 2.56 bits per heavy atom. The Bertz CT molecular complexity index is 798. The third kappa shape index (κ3) is 3.63. The first-order valence-corrected chi connectivity index (χ1v) is 8.32. The summed E-state index contributed by atoms with van der Waals surface area (Å²) < 4.78 is 5.19. The molecule has 0 aromatic heterocycles. The van der Waals surface area contributed by atoms with Crippen molar-refractivity contribution in [1.29, 1.82) is 0 Å². The van der Waals surface area contributed by atoms with Crippen LogP contribution in [-0.2, 0) is 0 Å². The minimum absolute atomic E-state index is 0.0730. The lowest BCUT2D eigenvalue weighted by Gasteiger charge is -2.26. The molecule has 0 unspecified atom stereocenters. The van der Waals surface area contributed by atoms with Gasteiger partial charge in [0.05, 0.1) is 17.6 Å². The molecule has 6 nitrogen and oxygen atoms in total. The molecule has 0 radical (unpaired) electrons. The second-order valence-electron chi connectivity index (χ2n) is 6.07. The Labute approximate surface area is 146 Å². The van der Waals surface area contributed by atoms with E-state index in [4.69, 9.17) is 4.74 Å². The summed E-state index contributed by atoms with van der Waals surface area (Å²) in [6.45, 7) is 1.43. The van der Waals surface area contributed by atoms with E-state index in [1.54, 1.807) is 48.4 Å². The van der Waals surface area contributed by atoms with Gasteiger partial charge in [0.2, 0.25) is 0 Å². The van der Waals surface area contributed by atoms with Crippen LogP contribution >= 0.6 is 0 Å². The smallest absolute Gasteiger partial charge is 0.277 e. The van der Waals surface area contributed by atoms with E-state index in [9.17, 15) is 14.9 Å². The van der Waals surface area contributed by atoms with Crippen molar-refractivity contribution >= 4 is 11.6 Å². The molecule has 25 heavy (non-hydrogen) atoms. The first-order valence-electron chi connectivity index (χ1n) is 8.32. The number of piperidine rings is 1. The van der Waals surface area contributed by atoms with E-state index in [-0.39, 0.29) is 11.6 Å². The highest BCUT2D eigenvalue weighted by Crippen LogP contribution is 2.33. The number of ether oxygens (including phenoxy) is 1. The SMILES string of the molecule is COc1cccc(-c2ccc(C(=O)N3CCCCC3)cc2[N+](=O)[O-])c1. The maximum absolute atomic E-state index is 12.6. The molecule has 2 aromatic carbocycles. The van der Waals surface area contributed by atoms with Crippen molar-refractivity contribution in [2.24, 2.45) is 0 Å². The van der Waals surface area contributed by atoms with Gasteiger partial charge in [-0.1, -0.05) is 12.1 Å². The zero-order chi connectivity index (χ0) is 17.8. The molecule has 1 fully saturated rings. The standard InChI is InChI=1S/C19H20N2O4/c1-25-16-7-5-6-14(12-16)17-9-8-15(13-18(17)21(23)24)19(22)20-10-3-2-4-11-20/h5-9,12-13H,2-4,10-11H2,1H3. The van der Waals surface area contributed by atoms with E-state index in [2.05, 4.69) is 0 Å². The molecule has 1 aliphatic rings.